The molecule has 0 saturated carbocycles. The Labute approximate surface area is 88.5 Å². The minimum atomic E-state index is -4.81. The molecule has 0 radical (unpaired) electrons. The monoisotopic (exact) mass is 238 g/mol. The molecule has 0 atom stereocenters. The van der Waals surface area contributed by atoms with Crippen molar-refractivity contribution in [1.82, 2.24) is 9.88 Å². The maximum Gasteiger partial charge on any atom is 0.471 e. The average molecular weight is 238 g/mol. The van der Waals surface area contributed by atoms with E-state index in [4.69, 9.17) is 0 Å². The molecular weight excluding hydrogens is 229 g/mol. The van der Waals surface area contributed by atoms with Crippen molar-refractivity contribution in [2.75, 3.05) is 7.05 Å². The zero-order chi connectivity index (χ0) is 11.6. The molecule has 1 aromatic heterocycles. The van der Waals surface area contributed by atoms with Crippen molar-refractivity contribution in [3.8, 4) is 0 Å². The zero-order valence-corrected chi connectivity index (χ0v) is 8.95. The summed E-state index contributed by atoms with van der Waals surface area (Å²) < 4.78 is 36.0. The molecule has 0 fully saturated rings. The Morgan fingerprint density at radius 1 is 1.60 bits per heavy atom. The van der Waals surface area contributed by atoms with Gasteiger partial charge in [0.25, 0.3) is 0 Å². The normalized spacial score (nSPS) is 11.5. The number of carbonyl (C=O) groups is 1. The third-order valence-electron chi connectivity index (χ3n) is 1.65. The number of alkyl halides is 3. The molecule has 0 aromatic carbocycles. The fraction of sp³-hybridized carbons (Fsp3) is 0.500. The van der Waals surface area contributed by atoms with Crippen molar-refractivity contribution >= 4 is 17.2 Å². The van der Waals surface area contributed by atoms with E-state index in [1.54, 1.807) is 6.92 Å². The first-order valence-corrected chi connectivity index (χ1v) is 4.86. The van der Waals surface area contributed by atoms with Gasteiger partial charge in [-0.15, -0.1) is 11.3 Å². The van der Waals surface area contributed by atoms with Crippen LogP contribution in [0.5, 0.6) is 0 Å². The van der Waals surface area contributed by atoms with Crippen LogP contribution in [0, 0.1) is 6.92 Å². The van der Waals surface area contributed by atoms with E-state index in [9.17, 15) is 18.0 Å². The molecule has 0 aliphatic carbocycles. The van der Waals surface area contributed by atoms with Gasteiger partial charge in [0.2, 0.25) is 0 Å². The van der Waals surface area contributed by atoms with Gasteiger partial charge in [-0.3, -0.25) is 4.79 Å². The number of amides is 1. The molecule has 0 bridgehead atoms. The highest BCUT2D eigenvalue weighted by molar-refractivity contribution is 7.11. The molecule has 1 aromatic rings. The van der Waals surface area contributed by atoms with E-state index >= 15 is 0 Å². The number of hydrogen-bond donors (Lipinski definition) is 0. The van der Waals surface area contributed by atoms with Crippen LogP contribution in [0.1, 0.15) is 9.88 Å². The zero-order valence-electron chi connectivity index (χ0n) is 8.13. The predicted octanol–water partition coefficient (Wildman–Crippen LogP) is 1.97. The van der Waals surface area contributed by atoms with E-state index < -0.39 is 12.1 Å². The summed E-state index contributed by atoms with van der Waals surface area (Å²) in [5.74, 6) is -1.84. The van der Waals surface area contributed by atoms with Crippen molar-refractivity contribution < 1.29 is 18.0 Å². The van der Waals surface area contributed by atoms with E-state index in [1.165, 1.54) is 17.5 Å². The molecule has 1 amide bonds. The van der Waals surface area contributed by atoms with Crippen LogP contribution in [0.25, 0.3) is 0 Å². The lowest BCUT2D eigenvalue weighted by atomic mass is 10.4. The molecule has 0 saturated heterocycles. The first-order chi connectivity index (χ1) is 6.80. The summed E-state index contributed by atoms with van der Waals surface area (Å²) in [7, 11) is 1.12. The van der Waals surface area contributed by atoms with Crippen LogP contribution in [-0.2, 0) is 11.3 Å². The number of aromatic nitrogens is 1. The Hall–Kier alpha value is -1.11. The number of hydrogen-bond acceptors (Lipinski definition) is 3. The van der Waals surface area contributed by atoms with Gasteiger partial charge in [0.05, 0.1) is 11.6 Å². The molecule has 84 valence electrons. The van der Waals surface area contributed by atoms with Crippen LogP contribution in [0.2, 0.25) is 0 Å². The van der Waals surface area contributed by atoms with Crippen molar-refractivity contribution in [2.45, 2.75) is 19.6 Å². The van der Waals surface area contributed by atoms with Crippen LogP contribution in [0.4, 0.5) is 13.2 Å². The van der Waals surface area contributed by atoms with Gasteiger partial charge in [-0.2, -0.15) is 13.2 Å². The molecular formula is C8H9F3N2OS. The van der Waals surface area contributed by atoms with Crippen LogP contribution < -0.4 is 0 Å². The Morgan fingerprint density at radius 3 is 2.60 bits per heavy atom. The first kappa shape index (κ1) is 12.0. The molecule has 7 heteroatoms. The van der Waals surface area contributed by atoms with Gasteiger partial charge in [0.1, 0.15) is 0 Å². The Morgan fingerprint density at radius 2 is 2.20 bits per heavy atom. The Bertz CT molecular complexity index is 361. The molecule has 0 N–H and O–H groups in total. The maximum absolute atomic E-state index is 12.0. The van der Waals surface area contributed by atoms with Gasteiger partial charge in [-0.25, -0.2) is 4.98 Å². The van der Waals surface area contributed by atoms with Crippen LogP contribution in [0.3, 0.4) is 0 Å². The number of carbonyl (C=O) groups excluding carboxylic acids is 1. The predicted molar refractivity (Wildman–Crippen MR) is 49.4 cm³/mol. The quantitative estimate of drug-likeness (QED) is 0.789. The van der Waals surface area contributed by atoms with Gasteiger partial charge in [-0.05, 0) is 6.92 Å². The van der Waals surface area contributed by atoms with Crippen molar-refractivity contribution in [1.29, 1.82) is 0 Å². The minimum Gasteiger partial charge on any atom is -0.333 e. The smallest absolute Gasteiger partial charge is 0.333 e. The van der Waals surface area contributed by atoms with Gasteiger partial charge >= 0.3 is 12.1 Å². The summed E-state index contributed by atoms with van der Waals surface area (Å²) in [5, 5.41) is 0.762. The second kappa shape index (κ2) is 4.18. The van der Waals surface area contributed by atoms with Crippen LogP contribution in [0.15, 0.2) is 6.20 Å². The summed E-state index contributed by atoms with van der Waals surface area (Å²) in [6, 6.07) is 0. The maximum atomic E-state index is 12.0. The number of halogens is 3. The molecule has 15 heavy (non-hydrogen) atoms. The molecule has 3 nitrogen and oxygen atoms in total. The SMILES string of the molecule is Cc1ncc(CN(C)C(=O)C(F)(F)F)s1. The van der Waals surface area contributed by atoms with Gasteiger partial charge in [0.15, 0.2) is 0 Å². The Kier molecular flexibility index (Phi) is 3.33. The topological polar surface area (TPSA) is 33.2 Å². The standard InChI is InChI=1S/C8H9F3N2OS/c1-5-12-3-6(15-5)4-13(2)7(14)8(9,10)11/h3H,4H2,1-2H3. The summed E-state index contributed by atoms with van der Waals surface area (Å²) in [5.41, 5.74) is 0. The highest BCUT2D eigenvalue weighted by Crippen LogP contribution is 2.20. The fourth-order valence-corrected chi connectivity index (χ4v) is 1.85. The van der Waals surface area contributed by atoms with Crippen molar-refractivity contribution in [3.63, 3.8) is 0 Å². The average Bonchev–Trinajstić information content (AvgIpc) is 2.48. The summed E-state index contributed by atoms with van der Waals surface area (Å²) in [6.07, 6.45) is -3.34. The highest BCUT2D eigenvalue weighted by atomic mass is 32.1. The number of thiazole rings is 1. The van der Waals surface area contributed by atoms with Gasteiger partial charge < -0.3 is 4.90 Å². The number of rotatable bonds is 2. The molecule has 1 heterocycles. The van der Waals surface area contributed by atoms with E-state index in [2.05, 4.69) is 4.98 Å². The van der Waals surface area contributed by atoms with Crippen LogP contribution >= 0.6 is 11.3 Å². The second-order valence-corrected chi connectivity index (χ2v) is 4.32. The van der Waals surface area contributed by atoms with Crippen LogP contribution in [-0.4, -0.2) is 29.0 Å². The highest BCUT2D eigenvalue weighted by Gasteiger charge is 2.41. The summed E-state index contributed by atoms with van der Waals surface area (Å²) in [4.78, 5) is 15.9. The molecule has 0 aliphatic heterocycles. The number of nitrogens with zero attached hydrogens (tertiary/aromatic N) is 2. The van der Waals surface area contributed by atoms with Gasteiger partial charge in [-0.1, -0.05) is 0 Å². The molecule has 0 unspecified atom stereocenters. The molecule has 0 spiro atoms. The van der Waals surface area contributed by atoms with E-state index in [0.29, 0.717) is 9.78 Å². The number of aryl methyl sites for hydroxylation is 1. The summed E-state index contributed by atoms with van der Waals surface area (Å²) >= 11 is 1.27. The first-order valence-electron chi connectivity index (χ1n) is 4.04. The molecule has 0 aliphatic rings. The third-order valence-corrected chi connectivity index (χ3v) is 2.55. The lowest BCUT2D eigenvalue weighted by Crippen LogP contribution is -2.37. The molecule has 1 rings (SSSR count). The fourth-order valence-electron chi connectivity index (χ4n) is 1.00. The van der Waals surface area contributed by atoms with Crippen molar-refractivity contribution in [3.05, 3.63) is 16.1 Å². The van der Waals surface area contributed by atoms with E-state index in [1.807, 2.05) is 0 Å². The lowest BCUT2D eigenvalue weighted by molar-refractivity contribution is -0.184. The van der Waals surface area contributed by atoms with E-state index in [-0.39, 0.29) is 6.54 Å². The summed E-state index contributed by atoms with van der Waals surface area (Å²) in [6.45, 7) is 1.68. The third kappa shape index (κ3) is 3.19. The minimum absolute atomic E-state index is 0.0656. The van der Waals surface area contributed by atoms with Gasteiger partial charge in [0, 0.05) is 18.1 Å². The van der Waals surface area contributed by atoms with Crippen molar-refractivity contribution in [2.24, 2.45) is 0 Å². The largest absolute Gasteiger partial charge is 0.471 e. The van der Waals surface area contributed by atoms with E-state index in [0.717, 1.165) is 12.1 Å². The second-order valence-electron chi connectivity index (χ2n) is 3.00. The Balaban J connectivity index is 2.64. The lowest BCUT2D eigenvalue weighted by Gasteiger charge is -2.17.